The highest BCUT2D eigenvalue weighted by Gasteiger charge is 2.50. The number of likely N-dealkylation sites (tertiary alicyclic amines) is 1. The van der Waals surface area contributed by atoms with E-state index in [9.17, 15) is 14.7 Å². The minimum absolute atomic E-state index is 0.0758. The number of unbranched alkanes of at least 4 members (excludes halogenated alkanes) is 1. The number of carboxylic acid groups (broad SMARTS) is 1. The second-order valence-electron chi connectivity index (χ2n) is 11.5. The minimum Gasteiger partial charge on any atom is -0.481 e. The number of carbonyl (C=O) groups excluding carboxylic acids is 1. The van der Waals surface area contributed by atoms with Crippen LogP contribution in [0.2, 0.25) is 0 Å². The molecule has 10 nitrogen and oxygen atoms in total. The van der Waals surface area contributed by atoms with E-state index in [2.05, 4.69) is 11.9 Å². The van der Waals surface area contributed by atoms with Gasteiger partial charge in [-0.15, -0.1) is 0 Å². The number of carbonyl (C=O) groups is 2. The number of hydrogen-bond donors (Lipinski definition) is 1. The monoisotopic (exact) mass is 553 g/mol. The molecule has 5 rings (SSSR count). The highest BCUT2D eigenvalue weighted by molar-refractivity contribution is 5.94. The summed E-state index contributed by atoms with van der Waals surface area (Å²) in [5, 5.41) is 10.6. The van der Waals surface area contributed by atoms with Gasteiger partial charge in [0.05, 0.1) is 37.6 Å². The molecule has 0 radical (unpaired) electrons. The largest absolute Gasteiger partial charge is 0.481 e. The zero-order chi connectivity index (χ0) is 28.3. The lowest BCUT2D eigenvalue weighted by Gasteiger charge is -2.37. The maximum atomic E-state index is 13.9. The first-order chi connectivity index (χ1) is 19.3. The van der Waals surface area contributed by atoms with E-state index in [-0.39, 0.29) is 25.2 Å². The second-order valence-corrected chi connectivity index (χ2v) is 11.5. The number of hydrogen-bond acceptors (Lipinski definition) is 8. The molecule has 0 saturated carbocycles. The quantitative estimate of drug-likeness (QED) is 0.443. The lowest BCUT2D eigenvalue weighted by atomic mass is 9.77. The molecule has 2 saturated heterocycles. The van der Waals surface area contributed by atoms with Crippen LogP contribution in [-0.4, -0.2) is 78.8 Å². The summed E-state index contributed by atoms with van der Waals surface area (Å²) in [6.45, 7) is 8.43. The van der Waals surface area contributed by atoms with Gasteiger partial charge in [-0.2, -0.15) is 0 Å². The third-order valence-corrected chi connectivity index (χ3v) is 8.19. The third kappa shape index (κ3) is 5.94. The zero-order valence-electron chi connectivity index (χ0n) is 23.5. The van der Waals surface area contributed by atoms with E-state index in [0.29, 0.717) is 44.2 Å². The molecule has 0 aliphatic carbocycles. The smallest absolute Gasteiger partial charge is 0.308 e. The molecule has 3 aliphatic heterocycles. The molecule has 3 aliphatic rings. The van der Waals surface area contributed by atoms with Crippen LogP contribution in [0.5, 0.6) is 11.5 Å². The number of fused-ring (bicyclic) bond motifs is 1. The van der Waals surface area contributed by atoms with Crippen molar-refractivity contribution >= 4 is 17.6 Å². The van der Waals surface area contributed by atoms with Crippen LogP contribution < -0.4 is 14.4 Å². The van der Waals surface area contributed by atoms with E-state index in [4.69, 9.17) is 18.9 Å². The van der Waals surface area contributed by atoms with Gasteiger partial charge in [-0.3, -0.25) is 19.5 Å². The van der Waals surface area contributed by atoms with Gasteiger partial charge in [0.25, 0.3) is 0 Å². The van der Waals surface area contributed by atoms with Gasteiger partial charge >= 0.3 is 5.97 Å². The number of pyridine rings is 1. The Kier molecular flexibility index (Phi) is 8.58. The highest BCUT2D eigenvalue weighted by atomic mass is 16.7. The highest BCUT2D eigenvalue weighted by Crippen LogP contribution is 2.46. The van der Waals surface area contributed by atoms with E-state index in [1.165, 1.54) is 0 Å². The molecule has 1 amide bonds. The topological polar surface area (TPSA) is 111 Å². The molecule has 0 bridgehead atoms. The van der Waals surface area contributed by atoms with Gasteiger partial charge in [-0.1, -0.05) is 33.3 Å². The summed E-state index contributed by atoms with van der Waals surface area (Å²) < 4.78 is 22.8. The Labute approximate surface area is 235 Å². The van der Waals surface area contributed by atoms with Crippen molar-refractivity contribution in [3.63, 3.8) is 0 Å². The van der Waals surface area contributed by atoms with Crippen LogP contribution >= 0.6 is 0 Å². The lowest BCUT2D eigenvalue weighted by Crippen LogP contribution is -2.47. The summed E-state index contributed by atoms with van der Waals surface area (Å²) >= 11 is 0. The molecule has 216 valence electrons. The van der Waals surface area contributed by atoms with Crippen LogP contribution in [-0.2, 0) is 19.1 Å². The fourth-order valence-corrected chi connectivity index (χ4v) is 6.16. The molecule has 3 unspecified atom stereocenters. The average Bonchev–Trinajstić information content (AvgIpc) is 3.70. The average molecular weight is 554 g/mol. The van der Waals surface area contributed by atoms with Gasteiger partial charge < -0.3 is 29.0 Å². The minimum atomic E-state index is -0.887. The van der Waals surface area contributed by atoms with Crippen molar-refractivity contribution in [3.05, 3.63) is 48.3 Å². The van der Waals surface area contributed by atoms with Crippen molar-refractivity contribution in [2.24, 2.45) is 11.3 Å². The number of anilines is 1. The normalized spacial score (nSPS) is 23.0. The number of benzene rings is 1. The standard InChI is InChI=1S/C30H39N3O7/c1-4-5-11-33(21-7-6-10-31-16-21)26(34)18-32-17-22(20-8-9-24-25(14-20)40-19-39-24)27(28(35)36)23(32)15-30(2,3)29-37-12-13-38-29/h6-10,14,16,22-23,27,29H,4-5,11-13,15,17-19H2,1-3H3,(H,35,36). The molecular formula is C30H39N3O7. The van der Waals surface area contributed by atoms with Crippen LogP contribution in [0.4, 0.5) is 5.69 Å². The Hall–Kier alpha value is -3.21. The first kappa shape index (κ1) is 28.3. The van der Waals surface area contributed by atoms with Crippen molar-refractivity contribution in [2.75, 3.05) is 44.5 Å². The van der Waals surface area contributed by atoms with Crippen molar-refractivity contribution in [1.82, 2.24) is 9.88 Å². The zero-order valence-corrected chi connectivity index (χ0v) is 23.5. The van der Waals surface area contributed by atoms with E-state index >= 15 is 0 Å². The predicted octanol–water partition coefficient (Wildman–Crippen LogP) is 3.90. The summed E-state index contributed by atoms with van der Waals surface area (Å²) in [4.78, 5) is 34.8. The van der Waals surface area contributed by atoms with Gasteiger partial charge in [0.2, 0.25) is 12.7 Å². The van der Waals surface area contributed by atoms with Crippen molar-refractivity contribution in [3.8, 4) is 11.5 Å². The van der Waals surface area contributed by atoms with Crippen LogP contribution in [0.15, 0.2) is 42.7 Å². The Morgan fingerprint density at radius 1 is 1.15 bits per heavy atom. The molecule has 0 spiro atoms. The fraction of sp³-hybridized carbons (Fsp3) is 0.567. The molecule has 1 N–H and O–H groups in total. The first-order valence-corrected chi connectivity index (χ1v) is 14.1. The Morgan fingerprint density at radius 2 is 1.93 bits per heavy atom. The summed E-state index contributed by atoms with van der Waals surface area (Å²) in [6, 6.07) is 8.91. The number of aliphatic carboxylic acids is 1. The molecule has 40 heavy (non-hydrogen) atoms. The van der Waals surface area contributed by atoms with E-state index in [0.717, 1.165) is 24.1 Å². The molecule has 4 heterocycles. The second kappa shape index (κ2) is 12.1. The van der Waals surface area contributed by atoms with Crippen LogP contribution in [0.1, 0.15) is 51.5 Å². The molecule has 10 heteroatoms. The van der Waals surface area contributed by atoms with Crippen molar-refractivity contribution in [2.45, 2.75) is 58.3 Å². The van der Waals surface area contributed by atoms with Crippen LogP contribution in [0.25, 0.3) is 0 Å². The summed E-state index contributed by atoms with van der Waals surface area (Å²) in [5.41, 5.74) is 1.13. The molecule has 3 atom stereocenters. The van der Waals surface area contributed by atoms with Gasteiger partial charge in [0, 0.05) is 36.7 Å². The van der Waals surface area contributed by atoms with E-state index in [1.54, 1.807) is 17.3 Å². The predicted molar refractivity (Wildman–Crippen MR) is 147 cm³/mol. The van der Waals surface area contributed by atoms with Gasteiger partial charge in [-0.05, 0) is 42.7 Å². The molecule has 1 aromatic heterocycles. The maximum absolute atomic E-state index is 13.9. The van der Waals surface area contributed by atoms with Crippen LogP contribution in [0, 0.1) is 11.3 Å². The SMILES string of the molecule is CCCCN(C(=O)CN1CC(c2ccc3c(c2)OCO3)C(C(=O)O)C1CC(C)(C)C1OCCO1)c1cccnc1. The Bertz CT molecular complexity index is 1190. The van der Waals surface area contributed by atoms with Gasteiger partial charge in [0.1, 0.15) is 0 Å². The first-order valence-electron chi connectivity index (χ1n) is 14.1. The third-order valence-electron chi connectivity index (χ3n) is 8.19. The number of aromatic nitrogens is 1. The molecule has 1 aromatic carbocycles. The molecule has 2 aromatic rings. The Balaban J connectivity index is 1.46. The lowest BCUT2D eigenvalue weighted by molar-refractivity contribution is -0.147. The van der Waals surface area contributed by atoms with Crippen LogP contribution in [0.3, 0.4) is 0 Å². The number of amides is 1. The van der Waals surface area contributed by atoms with Gasteiger partial charge in [0.15, 0.2) is 17.8 Å². The summed E-state index contributed by atoms with van der Waals surface area (Å²) in [5.74, 6) is -0.778. The number of rotatable bonds is 11. The number of ether oxygens (including phenoxy) is 4. The van der Waals surface area contributed by atoms with Crippen molar-refractivity contribution in [1.29, 1.82) is 0 Å². The summed E-state index contributed by atoms with van der Waals surface area (Å²) in [6.07, 6.45) is 5.24. The molecule has 2 fully saturated rings. The van der Waals surface area contributed by atoms with E-state index < -0.39 is 29.6 Å². The van der Waals surface area contributed by atoms with E-state index in [1.807, 2.05) is 49.1 Å². The fourth-order valence-electron chi connectivity index (χ4n) is 6.16. The van der Waals surface area contributed by atoms with Crippen molar-refractivity contribution < 1.29 is 33.6 Å². The maximum Gasteiger partial charge on any atom is 0.308 e. The number of carboxylic acids is 1. The molecular weight excluding hydrogens is 514 g/mol. The Morgan fingerprint density at radius 3 is 2.62 bits per heavy atom. The summed E-state index contributed by atoms with van der Waals surface area (Å²) in [7, 11) is 0. The van der Waals surface area contributed by atoms with Gasteiger partial charge in [-0.25, -0.2) is 0 Å². The number of nitrogens with zero attached hydrogens (tertiary/aromatic N) is 3.